The summed E-state index contributed by atoms with van der Waals surface area (Å²) in [6.07, 6.45) is 0.517. The first kappa shape index (κ1) is 34.3. The van der Waals surface area contributed by atoms with Crippen molar-refractivity contribution in [3.05, 3.63) is 106 Å². The fourth-order valence-corrected chi connectivity index (χ4v) is 4.67. The second-order valence-corrected chi connectivity index (χ2v) is 11.4. The van der Waals surface area contributed by atoms with Gasteiger partial charge >= 0.3 is 0 Å². The fourth-order valence-electron chi connectivity index (χ4n) is 4.54. The number of benzene rings is 3. The lowest BCUT2D eigenvalue weighted by molar-refractivity contribution is -0.130. The number of carbonyl (C=O) groups excluding carboxylic acids is 4. The molecule has 0 aliphatic rings. The molecule has 10 heteroatoms. The molecule has 9 nitrogen and oxygen atoms in total. The predicted molar refractivity (Wildman–Crippen MR) is 173 cm³/mol. The molecule has 5 N–H and O–H groups in total. The Morgan fingerprint density at radius 2 is 1.39 bits per heavy atom. The van der Waals surface area contributed by atoms with Gasteiger partial charge in [-0.2, -0.15) is 0 Å². The molecule has 0 aliphatic carbocycles. The van der Waals surface area contributed by atoms with Crippen molar-refractivity contribution in [1.82, 2.24) is 26.6 Å². The molecule has 0 heterocycles. The summed E-state index contributed by atoms with van der Waals surface area (Å²) in [5.41, 5.74) is 2.62. The van der Waals surface area contributed by atoms with E-state index in [1.54, 1.807) is 43.3 Å². The zero-order chi connectivity index (χ0) is 32.1. The van der Waals surface area contributed by atoms with Gasteiger partial charge in [0.05, 0.1) is 6.04 Å². The first-order valence-electron chi connectivity index (χ1n) is 14.9. The minimum atomic E-state index is -0.651. The molecule has 0 saturated carbocycles. The number of hydrogen-bond acceptors (Lipinski definition) is 5. The number of carbonyl (C=O) groups is 4. The van der Waals surface area contributed by atoms with Gasteiger partial charge in [0.15, 0.2) is 0 Å². The van der Waals surface area contributed by atoms with Crippen LogP contribution < -0.4 is 26.6 Å². The number of amides is 4. The van der Waals surface area contributed by atoms with E-state index in [0.29, 0.717) is 42.2 Å². The second-order valence-electron chi connectivity index (χ2n) is 11.0. The molecule has 0 aromatic heterocycles. The molecule has 44 heavy (non-hydrogen) atoms. The van der Waals surface area contributed by atoms with Crippen LogP contribution in [0.2, 0.25) is 5.02 Å². The van der Waals surface area contributed by atoms with Gasteiger partial charge in [0, 0.05) is 41.8 Å². The number of rotatable bonds is 15. The van der Waals surface area contributed by atoms with Gasteiger partial charge in [0.2, 0.25) is 11.8 Å². The predicted octanol–water partition coefficient (Wildman–Crippen LogP) is 3.87. The lowest BCUT2D eigenvalue weighted by Crippen LogP contribution is -2.55. The Balaban J connectivity index is 1.65. The van der Waals surface area contributed by atoms with E-state index in [9.17, 15) is 19.2 Å². The molecule has 3 atom stereocenters. The molecule has 3 rings (SSSR count). The van der Waals surface area contributed by atoms with E-state index >= 15 is 0 Å². The zero-order valence-corrected chi connectivity index (χ0v) is 26.4. The normalized spacial score (nSPS) is 13.0. The summed E-state index contributed by atoms with van der Waals surface area (Å²) in [5.74, 6) is -1.26. The second kappa shape index (κ2) is 17.2. The monoisotopic (exact) mass is 619 g/mol. The number of halogens is 1. The van der Waals surface area contributed by atoms with E-state index < -0.39 is 12.1 Å². The van der Waals surface area contributed by atoms with Crippen molar-refractivity contribution in [2.24, 2.45) is 5.92 Å². The van der Waals surface area contributed by atoms with Crippen LogP contribution in [0.15, 0.2) is 78.9 Å². The van der Waals surface area contributed by atoms with Crippen molar-refractivity contribution in [3.63, 3.8) is 0 Å². The summed E-state index contributed by atoms with van der Waals surface area (Å²) in [4.78, 5) is 51.6. The summed E-state index contributed by atoms with van der Waals surface area (Å²) in [7, 11) is 0. The Hall–Kier alpha value is -4.21. The lowest BCUT2D eigenvalue weighted by Gasteiger charge is -2.25. The topological polar surface area (TPSA) is 128 Å². The third-order valence-electron chi connectivity index (χ3n) is 7.08. The molecule has 0 saturated heterocycles. The van der Waals surface area contributed by atoms with Crippen molar-refractivity contribution in [3.8, 4) is 0 Å². The highest BCUT2D eigenvalue weighted by atomic mass is 35.5. The molecule has 0 bridgehead atoms. The molecule has 0 spiro atoms. The molecule has 234 valence electrons. The van der Waals surface area contributed by atoms with Crippen molar-refractivity contribution < 1.29 is 19.2 Å². The van der Waals surface area contributed by atoms with Gasteiger partial charge in [-0.1, -0.05) is 74.0 Å². The molecular formula is C34H42ClN5O4. The largest absolute Gasteiger partial charge is 0.355 e. The van der Waals surface area contributed by atoms with Crippen LogP contribution in [0.1, 0.15) is 59.5 Å². The Morgan fingerprint density at radius 3 is 2.02 bits per heavy atom. The van der Waals surface area contributed by atoms with Gasteiger partial charge in [-0.3, -0.25) is 19.2 Å². The van der Waals surface area contributed by atoms with E-state index in [1.165, 1.54) is 0 Å². The molecular weight excluding hydrogens is 578 g/mol. The van der Waals surface area contributed by atoms with E-state index in [0.717, 1.165) is 11.1 Å². The fraction of sp³-hybridized carbons (Fsp3) is 0.353. The minimum Gasteiger partial charge on any atom is -0.355 e. The number of nitrogens with one attached hydrogen (secondary N) is 5. The van der Waals surface area contributed by atoms with Gasteiger partial charge in [0.25, 0.3) is 11.8 Å². The Kier molecular flexibility index (Phi) is 13.4. The van der Waals surface area contributed by atoms with E-state index in [-0.39, 0.29) is 35.6 Å². The van der Waals surface area contributed by atoms with Gasteiger partial charge in [0.1, 0.15) is 6.04 Å². The van der Waals surface area contributed by atoms with E-state index in [2.05, 4.69) is 26.6 Å². The molecule has 3 aromatic rings. The molecule has 0 fully saturated rings. The van der Waals surface area contributed by atoms with Gasteiger partial charge in [-0.05, 0) is 67.6 Å². The minimum absolute atomic E-state index is 0.0851. The van der Waals surface area contributed by atoms with Crippen LogP contribution in [0.3, 0.4) is 0 Å². The van der Waals surface area contributed by atoms with Crippen LogP contribution in [0.4, 0.5) is 0 Å². The van der Waals surface area contributed by atoms with E-state index in [1.807, 2.05) is 63.2 Å². The highest BCUT2D eigenvalue weighted by molar-refractivity contribution is 6.30. The summed E-state index contributed by atoms with van der Waals surface area (Å²) < 4.78 is 0. The zero-order valence-electron chi connectivity index (χ0n) is 25.7. The average Bonchev–Trinajstić information content (AvgIpc) is 3.02. The summed E-state index contributed by atoms with van der Waals surface area (Å²) in [6, 6.07) is 21.8. The van der Waals surface area contributed by atoms with Crippen LogP contribution >= 0.6 is 11.6 Å². The SMILES string of the molecule is CCNC(=O)[C@@H](NC(=O)[C@H](C)NC[C@H](Cc1ccccc1)NC(=O)c1cccc(C(=O)NCc2ccc(Cl)cc2)c1)C(C)C. The maximum absolute atomic E-state index is 13.4. The van der Waals surface area contributed by atoms with Crippen LogP contribution in [0, 0.1) is 5.92 Å². The number of likely N-dealkylation sites (N-methyl/N-ethyl adjacent to an activating group) is 1. The van der Waals surface area contributed by atoms with Gasteiger partial charge in [-0.25, -0.2) is 0 Å². The van der Waals surface area contributed by atoms with Gasteiger partial charge < -0.3 is 26.6 Å². The van der Waals surface area contributed by atoms with Crippen molar-refractivity contribution in [1.29, 1.82) is 0 Å². The van der Waals surface area contributed by atoms with Crippen LogP contribution in [0.25, 0.3) is 0 Å². The van der Waals surface area contributed by atoms with Crippen molar-refractivity contribution >= 4 is 35.2 Å². The Bertz CT molecular complexity index is 1400. The third-order valence-corrected chi connectivity index (χ3v) is 7.33. The summed E-state index contributed by atoms with van der Waals surface area (Å²) in [6.45, 7) is 8.40. The quantitative estimate of drug-likeness (QED) is 0.176. The molecule has 3 aromatic carbocycles. The first-order valence-corrected chi connectivity index (χ1v) is 15.2. The summed E-state index contributed by atoms with van der Waals surface area (Å²) >= 11 is 5.94. The van der Waals surface area contributed by atoms with Crippen LogP contribution in [-0.2, 0) is 22.6 Å². The number of hydrogen-bond donors (Lipinski definition) is 5. The van der Waals surface area contributed by atoms with Crippen molar-refractivity contribution in [2.45, 2.75) is 58.8 Å². The highest BCUT2D eigenvalue weighted by Gasteiger charge is 2.26. The average molecular weight is 620 g/mol. The van der Waals surface area contributed by atoms with E-state index in [4.69, 9.17) is 11.6 Å². The smallest absolute Gasteiger partial charge is 0.251 e. The lowest BCUT2D eigenvalue weighted by atomic mass is 10.0. The third kappa shape index (κ3) is 10.8. The van der Waals surface area contributed by atoms with Crippen LogP contribution in [0.5, 0.6) is 0 Å². The Labute approximate surface area is 264 Å². The van der Waals surface area contributed by atoms with Gasteiger partial charge in [-0.15, -0.1) is 0 Å². The van der Waals surface area contributed by atoms with Crippen LogP contribution in [-0.4, -0.2) is 54.8 Å². The molecule has 0 aliphatic heterocycles. The highest BCUT2D eigenvalue weighted by Crippen LogP contribution is 2.11. The molecule has 0 unspecified atom stereocenters. The summed E-state index contributed by atoms with van der Waals surface area (Å²) in [5, 5.41) is 15.3. The van der Waals surface area contributed by atoms with Crippen molar-refractivity contribution in [2.75, 3.05) is 13.1 Å². The first-order chi connectivity index (χ1) is 21.1. The molecule has 4 amide bonds. The maximum Gasteiger partial charge on any atom is 0.251 e. The molecule has 0 radical (unpaired) electrons. The maximum atomic E-state index is 13.4. The Morgan fingerprint density at radius 1 is 0.727 bits per heavy atom. The standard InChI is InChI=1S/C34H42ClN5O4/c1-5-36-34(44)30(22(2)3)40-31(41)23(4)37-21-29(18-24-10-7-6-8-11-24)39-33(43)27-13-9-12-26(19-27)32(42)38-20-25-14-16-28(35)17-15-25/h6-17,19,22-23,29-30,37H,5,18,20-21H2,1-4H3,(H,36,44)(H,38,42)(H,39,43)(H,40,41)/t23-,29-,30-/m0/s1.